The maximum atomic E-state index is 14.0. The monoisotopic (exact) mass is 612 g/mol. The second kappa shape index (κ2) is 11.8. The van der Waals surface area contributed by atoms with E-state index in [9.17, 15) is 31.5 Å². The lowest BCUT2D eigenvalue weighted by atomic mass is 9.81. The smallest absolute Gasteiger partial charge is 0.349 e. The molecule has 8 nitrogen and oxygen atoms in total. The van der Waals surface area contributed by atoms with Crippen molar-refractivity contribution in [1.29, 1.82) is 0 Å². The van der Waals surface area contributed by atoms with Crippen molar-refractivity contribution in [3.8, 4) is 0 Å². The lowest BCUT2D eigenvalue weighted by Crippen LogP contribution is -2.37. The Hall–Kier alpha value is -3.16. The van der Waals surface area contributed by atoms with Crippen molar-refractivity contribution in [2.45, 2.75) is 95.3 Å². The summed E-state index contributed by atoms with van der Waals surface area (Å²) >= 11 is 1.22. The molecule has 14 heteroatoms. The first kappa shape index (κ1) is 30.3. The lowest BCUT2D eigenvalue weighted by molar-refractivity contribution is -0.144. The van der Waals surface area contributed by atoms with Crippen LogP contribution in [0.25, 0.3) is 5.65 Å². The molecule has 2 aliphatic carbocycles. The molecule has 0 spiro atoms. The van der Waals surface area contributed by atoms with Crippen molar-refractivity contribution in [2.75, 3.05) is 0 Å². The number of hydrogen-bond acceptors (Lipinski definition) is 6. The Morgan fingerprint density at radius 3 is 2.43 bits per heavy atom. The highest BCUT2D eigenvalue weighted by molar-refractivity contribution is 7.11. The van der Waals surface area contributed by atoms with E-state index in [1.54, 1.807) is 24.0 Å². The molecule has 3 aromatic rings. The molecule has 2 N–H and O–H groups in total. The van der Waals surface area contributed by atoms with Crippen LogP contribution in [-0.2, 0) is 4.79 Å². The summed E-state index contributed by atoms with van der Waals surface area (Å²) in [6, 6.07) is 0.569. The number of hydrogen-bond donors (Lipinski definition) is 2. The number of aromatic nitrogens is 4. The zero-order valence-corrected chi connectivity index (χ0v) is 24.1. The van der Waals surface area contributed by atoms with Crippen LogP contribution in [0.4, 0.5) is 22.0 Å². The molecule has 0 aliphatic heterocycles. The van der Waals surface area contributed by atoms with Crippen molar-refractivity contribution in [3.63, 3.8) is 0 Å². The zero-order chi connectivity index (χ0) is 30.2. The molecular formula is C28H33F5N6O2S. The van der Waals surface area contributed by atoms with Crippen molar-refractivity contribution >= 4 is 28.8 Å². The fraction of sp³-hybridized carbons (Fsp3) is 0.607. The van der Waals surface area contributed by atoms with Crippen LogP contribution in [0.5, 0.6) is 0 Å². The average Bonchev–Trinajstić information content (AvgIpc) is 3.47. The fourth-order valence-electron chi connectivity index (χ4n) is 5.51. The Morgan fingerprint density at radius 2 is 1.79 bits per heavy atom. The van der Waals surface area contributed by atoms with E-state index in [-0.39, 0.29) is 49.3 Å². The zero-order valence-electron chi connectivity index (χ0n) is 23.3. The molecule has 0 aromatic carbocycles. The van der Waals surface area contributed by atoms with E-state index in [4.69, 9.17) is 4.98 Å². The van der Waals surface area contributed by atoms with Gasteiger partial charge in [-0.3, -0.25) is 9.59 Å². The standard InChI is InChI=1S/C28H33F5N6O2S/c1-15(2)22-25(42-14-34-22)26(41)38-24(17-5-8-27(29,30)9-6-17)19-13-39-20(36-19)11-18(12-35-39)23(16-3-4-16)37-21(40)7-10-28(31,32)33/h11-17,23-24H,3-10H2,1-2H3,(H,37,40)(H,38,41)/t23-,24+/m1/s1. The van der Waals surface area contributed by atoms with Crippen LogP contribution >= 0.6 is 11.3 Å². The van der Waals surface area contributed by atoms with E-state index in [0.717, 1.165) is 12.8 Å². The highest BCUT2D eigenvalue weighted by Crippen LogP contribution is 2.43. The minimum atomic E-state index is -4.42. The topological polar surface area (TPSA) is 101 Å². The predicted molar refractivity (Wildman–Crippen MR) is 145 cm³/mol. The Balaban J connectivity index is 1.40. The summed E-state index contributed by atoms with van der Waals surface area (Å²) in [7, 11) is 0. The van der Waals surface area contributed by atoms with Gasteiger partial charge in [-0.2, -0.15) is 18.3 Å². The summed E-state index contributed by atoms with van der Waals surface area (Å²) < 4.78 is 67.4. The number of fused-ring (bicyclic) bond motifs is 1. The van der Waals surface area contributed by atoms with E-state index in [1.165, 1.54) is 15.9 Å². The molecule has 0 bridgehead atoms. The van der Waals surface area contributed by atoms with E-state index < -0.39 is 42.9 Å². The molecule has 2 fully saturated rings. The molecule has 42 heavy (non-hydrogen) atoms. The third-order valence-corrected chi connectivity index (χ3v) is 8.79. The minimum absolute atomic E-state index is 0.0232. The highest BCUT2D eigenvalue weighted by atomic mass is 32.1. The molecule has 5 rings (SSSR count). The molecule has 0 unspecified atom stereocenters. The summed E-state index contributed by atoms with van der Waals surface area (Å²) in [6.45, 7) is 3.87. The third kappa shape index (κ3) is 7.24. The SMILES string of the molecule is CC(C)c1ncsc1C(=O)N[C@H](c1cn2ncc([C@H](NC(=O)CCC(F)(F)F)C3CC3)cc2n1)C1CCC(F)(F)CC1. The maximum absolute atomic E-state index is 14.0. The van der Waals surface area contributed by atoms with Crippen LogP contribution in [0.3, 0.4) is 0 Å². The second-order valence-electron chi connectivity index (χ2n) is 11.6. The first-order valence-electron chi connectivity index (χ1n) is 14.1. The van der Waals surface area contributed by atoms with Crippen molar-refractivity contribution in [1.82, 2.24) is 30.2 Å². The lowest BCUT2D eigenvalue weighted by Gasteiger charge is -2.33. The van der Waals surface area contributed by atoms with Gasteiger partial charge in [0.05, 0.1) is 47.8 Å². The van der Waals surface area contributed by atoms with Crippen molar-refractivity contribution < 1.29 is 31.5 Å². The quantitative estimate of drug-likeness (QED) is 0.254. The predicted octanol–water partition coefficient (Wildman–Crippen LogP) is 6.52. The molecule has 3 heterocycles. The van der Waals surface area contributed by atoms with Crippen LogP contribution in [0.1, 0.15) is 110 Å². The summed E-state index contributed by atoms with van der Waals surface area (Å²) in [5, 5.41) is 10.2. The van der Waals surface area contributed by atoms with Crippen LogP contribution in [-0.4, -0.2) is 43.5 Å². The number of rotatable bonds is 10. The number of carbonyl (C=O) groups is 2. The molecule has 2 atom stereocenters. The number of amides is 2. The molecule has 228 valence electrons. The van der Waals surface area contributed by atoms with Gasteiger partial charge in [0.15, 0.2) is 5.65 Å². The largest absolute Gasteiger partial charge is 0.389 e. The number of nitrogens with one attached hydrogen (secondary N) is 2. The Morgan fingerprint density at radius 1 is 1.10 bits per heavy atom. The van der Waals surface area contributed by atoms with Gasteiger partial charge in [0, 0.05) is 19.3 Å². The van der Waals surface area contributed by atoms with E-state index in [0.29, 0.717) is 27.5 Å². The molecule has 3 aromatic heterocycles. The molecular weight excluding hydrogens is 579 g/mol. The average molecular weight is 613 g/mol. The molecule has 0 saturated heterocycles. The number of halogens is 5. The van der Waals surface area contributed by atoms with Crippen LogP contribution in [0, 0.1) is 11.8 Å². The molecule has 2 saturated carbocycles. The number of nitrogens with zero attached hydrogens (tertiary/aromatic N) is 4. The summed E-state index contributed by atoms with van der Waals surface area (Å²) in [5.74, 6) is -3.94. The third-order valence-electron chi connectivity index (χ3n) is 7.95. The van der Waals surface area contributed by atoms with Gasteiger partial charge >= 0.3 is 6.18 Å². The van der Waals surface area contributed by atoms with Crippen LogP contribution in [0.2, 0.25) is 0 Å². The van der Waals surface area contributed by atoms with Gasteiger partial charge in [-0.05, 0) is 55.1 Å². The number of thiazole rings is 1. The van der Waals surface area contributed by atoms with Gasteiger partial charge in [-0.1, -0.05) is 13.8 Å². The summed E-state index contributed by atoms with van der Waals surface area (Å²) in [6.07, 6.45) is -1.58. The first-order chi connectivity index (χ1) is 19.8. The minimum Gasteiger partial charge on any atom is -0.349 e. The van der Waals surface area contributed by atoms with Crippen molar-refractivity contribution in [2.24, 2.45) is 11.8 Å². The second-order valence-corrected chi connectivity index (χ2v) is 12.5. The van der Waals surface area contributed by atoms with Gasteiger partial charge in [-0.25, -0.2) is 23.3 Å². The summed E-state index contributed by atoms with van der Waals surface area (Å²) in [5.41, 5.74) is 3.77. The maximum Gasteiger partial charge on any atom is 0.389 e. The normalized spacial score (nSPS) is 19.1. The number of carbonyl (C=O) groups excluding carboxylic acids is 2. The van der Waals surface area contributed by atoms with Gasteiger partial charge < -0.3 is 10.6 Å². The fourth-order valence-corrected chi connectivity index (χ4v) is 6.35. The van der Waals surface area contributed by atoms with Crippen LogP contribution in [0.15, 0.2) is 24.0 Å². The Kier molecular flexibility index (Phi) is 8.55. The highest BCUT2D eigenvalue weighted by Gasteiger charge is 2.40. The van der Waals surface area contributed by atoms with Gasteiger partial charge in [-0.15, -0.1) is 11.3 Å². The molecule has 2 aliphatic rings. The number of imidazole rings is 1. The van der Waals surface area contributed by atoms with E-state index >= 15 is 0 Å². The number of alkyl halides is 5. The Labute approximate surface area is 243 Å². The van der Waals surface area contributed by atoms with E-state index in [1.807, 2.05) is 13.8 Å². The molecule has 2 amide bonds. The van der Waals surface area contributed by atoms with Gasteiger partial charge in [0.25, 0.3) is 5.91 Å². The van der Waals surface area contributed by atoms with Gasteiger partial charge in [0.2, 0.25) is 11.8 Å². The first-order valence-corrected chi connectivity index (χ1v) is 15.0. The van der Waals surface area contributed by atoms with Crippen molar-refractivity contribution in [3.05, 3.63) is 45.8 Å². The van der Waals surface area contributed by atoms with E-state index in [2.05, 4.69) is 20.7 Å². The Bertz CT molecular complexity index is 1420. The van der Waals surface area contributed by atoms with Crippen LogP contribution < -0.4 is 10.6 Å². The summed E-state index contributed by atoms with van der Waals surface area (Å²) in [4.78, 5) is 35.2. The molecule has 0 radical (unpaired) electrons. The van der Waals surface area contributed by atoms with Gasteiger partial charge in [0.1, 0.15) is 4.88 Å².